The molecular formula is C27H44O11. The highest BCUT2D eigenvalue weighted by atomic mass is 16.8. The Labute approximate surface area is 225 Å². The second kappa shape index (κ2) is 11.6. The van der Waals surface area contributed by atoms with Gasteiger partial charge in [0, 0.05) is 0 Å². The summed E-state index contributed by atoms with van der Waals surface area (Å²) >= 11 is 0. The zero-order valence-corrected chi connectivity index (χ0v) is 24.9. The van der Waals surface area contributed by atoms with Crippen molar-refractivity contribution < 1.29 is 52.4 Å². The summed E-state index contributed by atoms with van der Waals surface area (Å²) in [6.07, 6.45) is -8.14. The molecule has 38 heavy (non-hydrogen) atoms. The predicted octanol–water partition coefficient (Wildman–Crippen LogP) is 3.35. The Bertz CT molecular complexity index is 909. The van der Waals surface area contributed by atoms with Crippen molar-refractivity contribution in [3.63, 3.8) is 0 Å². The first kappa shape index (κ1) is 33.3. The summed E-state index contributed by atoms with van der Waals surface area (Å²) in [6, 6.07) is 0. The van der Waals surface area contributed by atoms with E-state index >= 15 is 0 Å². The van der Waals surface area contributed by atoms with Gasteiger partial charge >= 0.3 is 29.8 Å². The van der Waals surface area contributed by atoms with Crippen LogP contribution in [0.3, 0.4) is 0 Å². The van der Waals surface area contributed by atoms with Crippen molar-refractivity contribution in [2.24, 2.45) is 21.7 Å². The first-order chi connectivity index (χ1) is 16.9. The summed E-state index contributed by atoms with van der Waals surface area (Å²) in [7, 11) is 1.09. The molecule has 0 saturated carbocycles. The number of ether oxygens (including phenoxy) is 6. The first-order valence-corrected chi connectivity index (χ1v) is 12.5. The third kappa shape index (κ3) is 8.68. The smallest absolute Gasteiger partial charge is 0.339 e. The summed E-state index contributed by atoms with van der Waals surface area (Å²) in [6.45, 7) is 19.1. The summed E-state index contributed by atoms with van der Waals surface area (Å²) in [5.41, 5.74) is -4.08. The molecule has 0 radical (unpaired) electrons. The highest BCUT2D eigenvalue weighted by Crippen LogP contribution is 2.35. The van der Waals surface area contributed by atoms with Gasteiger partial charge in [-0.05, 0) is 83.1 Å². The maximum Gasteiger partial charge on any atom is 0.339 e. The lowest BCUT2D eigenvalue weighted by atomic mass is 9.92. The summed E-state index contributed by atoms with van der Waals surface area (Å²) in [4.78, 5) is 64.6. The molecule has 0 spiro atoms. The number of carbonyl (C=O) groups excluding carboxylic acids is 5. The summed E-state index contributed by atoms with van der Waals surface area (Å²) in [5.74, 6) is -3.96. The lowest BCUT2D eigenvalue weighted by molar-refractivity contribution is -0.300. The van der Waals surface area contributed by atoms with Gasteiger partial charge in [-0.1, -0.05) is 0 Å². The standard InChI is InChI=1S/C27H44O11/c1-24(2,3)20(29)35-14-15(36-21(30)25(4,5)6)17(37-22(31)26(7,8)9)19(34-16(14)18(28)33-13)38-23(32)27(10,11)12/h14-17,19H,1-13H3/t14-,15-,16-,17+,19-/m0/s1. The van der Waals surface area contributed by atoms with Gasteiger partial charge < -0.3 is 28.4 Å². The Morgan fingerprint density at radius 2 is 0.816 bits per heavy atom. The molecule has 0 bridgehead atoms. The second-order valence-corrected chi connectivity index (χ2v) is 13.5. The molecular weight excluding hydrogens is 500 g/mol. The van der Waals surface area contributed by atoms with Gasteiger partial charge in [-0.2, -0.15) is 0 Å². The topological polar surface area (TPSA) is 141 Å². The van der Waals surface area contributed by atoms with Crippen LogP contribution < -0.4 is 0 Å². The average molecular weight is 545 g/mol. The van der Waals surface area contributed by atoms with E-state index in [9.17, 15) is 24.0 Å². The van der Waals surface area contributed by atoms with Crippen LogP contribution in [0.2, 0.25) is 0 Å². The number of hydrogen-bond donors (Lipinski definition) is 0. The van der Waals surface area contributed by atoms with Gasteiger partial charge in [-0.3, -0.25) is 19.2 Å². The van der Waals surface area contributed by atoms with Gasteiger partial charge in [0.05, 0.1) is 28.8 Å². The molecule has 1 fully saturated rings. The van der Waals surface area contributed by atoms with Crippen molar-refractivity contribution in [1.82, 2.24) is 0 Å². The maximum atomic E-state index is 13.1. The highest BCUT2D eigenvalue weighted by Gasteiger charge is 2.58. The van der Waals surface area contributed by atoms with E-state index in [1.807, 2.05) is 0 Å². The molecule has 218 valence electrons. The van der Waals surface area contributed by atoms with Gasteiger partial charge in [0.1, 0.15) is 0 Å². The molecule has 0 aromatic carbocycles. The molecule has 5 atom stereocenters. The largest absolute Gasteiger partial charge is 0.467 e. The Balaban J connectivity index is 3.80. The van der Waals surface area contributed by atoms with Crippen LogP contribution in [0, 0.1) is 21.7 Å². The monoisotopic (exact) mass is 544 g/mol. The van der Waals surface area contributed by atoms with Crippen molar-refractivity contribution in [2.45, 2.75) is 114 Å². The van der Waals surface area contributed by atoms with E-state index in [0.717, 1.165) is 7.11 Å². The zero-order valence-electron chi connectivity index (χ0n) is 24.9. The minimum atomic E-state index is -1.69. The van der Waals surface area contributed by atoms with Gasteiger partial charge in [0.15, 0.2) is 18.3 Å². The van der Waals surface area contributed by atoms with Crippen molar-refractivity contribution in [1.29, 1.82) is 0 Å². The SMILES string of the molecule is COC(=O)[C@H]1O[C@@H](OC(=O)C(C)(C)C)[C@H](OC(=O)C(C)(C)C)[C@@H](OC(=O)C(C)(C)C)[C@@H]1OC(=O)C(C)(C)C. The molecule has 1 rings (SSSR count). The number of carbonyl (C=O) groups is 5. The van der Waals surface area contributed by atoms with E-state index in [1.165, 1.54) is 0 Å². The van der Waals surface area contributed by atoms with E-state index in [1.54, 1.807) is 83.1 Å². The molecule has 1 saturated heterocycles. The molecule has 1 aliphatic rings. The normalized spacial score (nSPS) is 24.6. The molecule has 11 heteroatoms. The number of rotatable bonds is 5. The Kier molecular flexibility index (Phi) is 10.2. The van der Waals surface area contributed by atoms with Crippen molar-refractivity contribution >= 4 is 29.8 Å². The highest BCUT2D eigenvalue weighted by molar-refractivity contribution is 5.80. The van der Waals surface area contributed by atoms with E-state index in [-0.39, 0.29) is 0 Å². The van der Waals surface area contributed by atoms with Crippen LogP contribution >= 0.6 is 0 Å². The molecule has 0 amide bonds. The van der Waals surface area contributed by atoms with E-state index in [0.29, 0.717) is 0 Å². The van der Waals surface area contributed by atoms with Crippen LogP contribution in [0.25, 0.3) is 0 Å². The summed E-state index contributed by atoms with van der Waals surface area (Å²) < 4.78 is 33.3. The second-order valence-electron chi connectivity index (χ2n) is 13.5. The molecule has 1 heterocycles. The average Bonchev–Trinajstić information content (AvgIpc) is 2.73. The third-order valence-corrected chi connectivity index (χ3v) is 5.33. The fraction of sp³-hybridized carbons (Fsp3) is 0.815. The van der Waals surface area contributed by atoms with Crippen LogP contribution in [0.4, 0.5) is 0 Å². The molecule has 11 nitrogen and oxygen atoms in total. The van der Waals surface area contributed by atoms with E-state index < -0.39 is 82.2 Å². The van der Waals surface area contributed by atoms with Crippen molar-refractivity contribution in [2.75, 3.05) is 7.11 Å². The van der Waals surface area contributed by atoms with Gasteiger partial charge in [0.2, 0.25) is 12.4 Å². The Hall–Kier alpha value is -2.69. The fourth-order valence-electron chi connectivity index (χ4n) is 2.78. The van der Waals surface area contributed by atoms with E-state index in [2.05, 4.69) is 0 Å². The van der Waals surface area contributed by atoms with Gasteiger partial charge in [0.25, 0.3) is 0 Å². The van der Waals surface area contributed by atoms with Crippen LogP contribution in [-0.4, -0.2) is 67.7 Å². The van der Waals surface area contributed by atoms with Crippen molar-refractivity contribution in [3.05, 3.63) is 0 Å². The minimum absolute atomic E-state index is 0.739. The molecule has 0 aromatic heterocycles. The Morgan fingerprint density at radius 1 is 0.500 bits per heavy atom. The summed E-state index contributed by atoms with van der Waals surface area (Å²) in [5, 5.41) is 0. The van der Waals surface area contributed by atoms with Crippen molar-refractivity contribution in [3.8, 4) is 0 Å². The lowest BCUT2D eigenvalue weighted by Crippen LogP contribution is -2.65. The number of hydrogen-bond acceptors (Lipinski definition) is 11. The number of methoxy groups -OCH3 is 1. The van der Waals surface area contributed by atoms with Crippen LogP contribution in [-0.2, 0) is 52.4 Å². The third-order valence-electron chi connectivity index (χ3n) is 5.33. The van der Waals surface area contributed by atoms with Crippen LogP contribution in [0.15, 0.2) is 0 Å². The van der Waals surface area contributed by atoms with Gasteiger partial charge in [-0.15, -0.1) is 0 Å². The Morgan fingerprint density at radius 3 is 1.16 bits per heavy atom. The van der Waals surface area contributed by atoms with Crippen LogP contribution in [0.5, 0.6) is 0 Å². The molecule has 0 aliphatic carbocycles. The molecule has 0 unspecified atom stereocenters. The predicted molar refractivity (Wildman–Crippen MR) is 134 cm³/mol. The quantitative estimate of drug-likeness (QED) is 0.372. The lowest BCUT2D eigenvalue weighted by Gasteiger charge is -2.45. The van der Waals surface area contributed by atoms with Gasteiger partial charge in [-0.25, -0.2) is 4.79 Å². The van der Waals surface area contributed by atoms with E-state index in [4.69, 9.17) is 28.4 Å². The molecule has 0 N–H and O–H groups in total. The fourth-order valence-corrected chi connectivity index (χ4v) is 2.78. The first-order valence-electron chi connectivity index (χ1n) is 12.5. The molecule has 0 aromatic rings. The van der Waals surface area contributed by atoms with Crippen LogP contribution in [0.1, 0.15) is 83.1 Å². The molecule has 1 aliphatic heterocycles. The number of esters is 5. The minimum Gasteiger partial charge on any atom is -0.467 e. The zero-order chi connectivity index (χ0) is 30.0. The maximum absolute atomic E-state index is 13.1.